The van der Waals surface area contributed by atoms with Gasteiger partial charge in [0.25, 0.3) is 0 Å². The maximum atomic E-state index is 5.01. The van der Waals surface area contributed by atoms with Gasteiger partial charge in [0.15, 0.2) is 5.82 Å². The third-order valence-electron chi connectivity index (χ3n) is 3.46. The molecule has 0 aromatic carbocycles. The summed E-state index contributed by atoms with van der Waals surface area (Å²) in [5, 5.41) is 7.51. The summed E-state index contributed by atoms with van der Waals surface area (Å²) in [4.78, 5) is 9.32. The zero-order valence-electron chi connectivity index (χ0n) is 13.0. The van der Waals surface area contributed by atoms with Crippen LogP contribution in [0.3, 0.4) is 0 Å². The molecule has 0 atom stereocenters. The Morgan fingerprint density at radius 3 is 2.57 bits per heavy atom. The summed E-state index contributed by atoms with van der Waals surface area (Å²) in [5.41, 5.74) is 4.59. The molecule has 0 bridgehead atoms. The quantitative estimate of drug-likeness (QED) is 0.762. The van der Waals surface area contributed by atoms with Crippen molar-refractivity contribution in [3.63, 3.8) is 0 Å². The molecule has 2 aromatic rings. The van der Waals surface area contributed by atoms with Crippen LogP contribution in [0.15, 0.2) is 16.8 Å². The Hall–Kier alpha value is -1.30. The van der Waals surface area contributed by atoms with Crippen LogP contribution in [-0.4, -0.2) is 36.8 Å². The van der Waals surface area contributed by atoms with Gasteiger partial charge in [0.1, 0.15) is 0 Å². The molecule has 0 amide bonds. The van der Waals surface area contributed by atoms with E-state index in [1.54, 1.807) is 18.4 Å². The molecule has 0 aliphatic heterocycles. The fourth-order valence-corrected chi connectivity index (χ4v) is 2.95. The van der Waals surface area contributed by atoms with Crippen LogP contribution < -0.4 is 5.32 Å². The van der Waals surface area contributed by atoms with E-state index < -0.39 is 0 Å². The first-order chi connectivity index (χ1) is 10.2. The zero-order chi connectivity index (χ0) is 15.1. The summed E-state index contributed by atoms with van der Waals surface area (Å²) in [7, 11) is 1.72. The van der Waals surface area contributed by atoms with Crippen LogP contribution in [0.1, 0.15) is 23.4 Å². The number of aromatic nitrogens is 2. The fourth-order valence-electron chi connectivity index (χ4n) is 2.31. The number of methoxy groups -OCH3 is 1. The fraction of sp³-hybridized carbons (Fsp3) is 0.500. The lowest BCUT2D eigenvalue weighted by Crippen LogP contribution is -2.20. The van der Waals surface area contributed by atoms with Gasteiger partial charge >= 0.3 is 0 Å². The molecule has 0 aliphatic rings. The Balaban J connectivity index is 1.95. The first kappa shape index (κ1) is 16.1. The van der Waals surface area contributed by atoms with Gasteiger partial charge in [-0.15, -0.1) is 0 Å². The SMILES string of the molecule is COCCNCCCc1c(C)nc(-c2ccsc2)nc1C. The minimum atomic E-state index is 0.760. The lowest BCUT2D eigenvalue weighted by molar-refractivity contribution is 0.199. The number of hydrogen-bond acceptors (Lipinski definition) is 5. The number of nitrogens with zero attached hydrogens (tertiary/aromatic N) is 2. The number of nitrogens with one attached hydrogen (secondary N) is 1. The third-order valence-corrected chi connectivity index (χ3v) is 4.15. The molecule has 5 heteroatoms. The van der Waals surface area contributed by atoms with E-state index in [0.717, 1.165) is 55.3 Å². The Morgan fingerprint density at radius 2 is 1.95 bits per heavy atom. The summed E-state index contributed by atoms with van der Waals surface area (Å²) < 4.78 is 5.01. The number of aryl methyl sites for hydroxylation is 2. The van der Waals surface area contributed by atoms with Crippen molar-refractivity contribution in [1.29, 1.82) is 0 Å². The first-order valence-electron chi connectivity index (χ1n) is 7.28. The van der Waals surface area contributed by atoms with Gasteiger partial charge in [-0.25, -0.2) is 9.97 Å². The van der Waals surface area contributed by atoms with Gasteiger partial charge < -0.3 is 10.1 Å². The lowest BCUT2D eigenvalue weighted by atomic mass is 10.1. The highest BCUT2D eigenvalue weighted by molar-refractivity contribution is 7.08. The number of thiophene rings is 1. The molecule has 2 aromatic heterocycles. The van der Waals surface area contributed by atoms with Crippen LogP contribution in [0, 0.1) is 13.8 Å². The molecule has 0 saturated carbocycles. The van der Waals surface area contributed by atoms with Crippen molar-refractivity contribution in [1.82, 2.24) is 15.3 Å². The third kappa shape index (κ3) is 4.59. The summed E-state index contributed by atoms with van der Waals surface area (Å²) >= 11 is 1.68. The Kier molecular flexibility index (Phi) is 6.29. The molecule has 0 unspecified atom stereocenters. The van der Waals surface area contributed by atoms with Crippen LogP contribution in [0.2, 0.25) is 0 Å². The van der Waals surface area contributed by atoms with E-state index in [9.17, 15) is 0 Å². The van der Waals surface area contributed by atoms with E-state index >= 15 is 0 Å². The van der Waals surface area contributed by atoms with Gasteiger partial charge in [-0.3, -0.25) is 0 Å². The summed E-state index contributed by atoms with van der Waals surface area (Å²) in [5.74, 6) is 0.841. The molecule has 0 aliphatic carbocycles. The van der Waals surface area contributed by atoms with E-state index in [0.29, 0.717) is 0 Å². The Labute approximate surface area is 130 Å². The van der Waals surface area contributed by atoms with Crippen LogP contribution in [-0.2, 0) is 11.2 Å². The van der Waals surface area contributed by atoms with Gasteiger partial charge in [-0.1, -0.05) is 0 Å². The van der Waals surface area contributed by atoms with Crippen LogP contribution in [0.4, 0.5) is 0 Å². The minimum Gasteiger partial charge on any atom is -0.383 e. The second-order valence-electron chi connectivity index (χ2n) is 5.05. The number of ether oxygens (including phenoxy) is 1. The number of hydrogen-bond donors (Lipinski definition) is 1. The van der Waals surface area contributed by atoms with Crippen molar-refractivity contribution in [2.75, 3.05) is 26.8 Å². The highest BCUT2D eigenvalue weighted by Crippen LogP contribution is 2.21. The summed E-state index contributed by atoms with van der Waals surface area (Å²) in [6.07, 6.45) is 2.11. The van der Waals surface area contributed by atoms with Crippen molar-refractivity contribution in [3.05, 3.63) is 33.8 Å². The maximum Gasteiger partial charge on any atom is 0.160 e. The van der Waals surface area contributed by atoms with E-state index in [-0.39, 0.29) is 0 Å². The van der Waals surface area contributed by atoms with E-state index in [1.165, 1.54) is 5.56 Å². The van der Waals surface area contributed by atoms with E-state index in [4.69, 9.17) is 4.74 Å². The van der Waals surface area contributed by atoms with Gasteiger partial charge in [0.2, 0.25) is 0 Å². The molecule has 2 rings (SSSR count). The monoisotopic (exact) mass is 305 g/mol. The minimum absolute atomic E-state index is 0.760. The Bertz CT molecular complexity index is 532. The summed E-state index contributed by atoms with van der Waals surface area (Å²) in [6, 6.07) is 2.07. The smallest absolute Gasteiger partial charge is 0.160 e. The highest BCUT2D eigenvalue weighted by atomic mass is 32.1. The predicted molar refractivity (Wildman–Crippen MR) is 87.9 cm³/mol. The molecular formula is C16H23N3OS. The van der Waals surface area contributed by atoms with E-state index in [1.807, 2.05) is 0 Å². The maximum absolute atomic E-state index is 5.01. The van der Waals surface area contributed by atoms with Gasteiger partial charge in [0.05, 0.1) is 6.61 Å². The molecular weight excluding hydrogens is 282 g/mol. The van der Waals surface area contributed by atoms with Crippen molar-refractivity contribution >= 4 is 11.3 Å². The van der Waals surface area contributed by atoms with Crippen molar-refractivity contribution in [3.8, 4) is 11.4 Å². The van der Waals surface area contributed by atoms with Crippen molar-refractivity contribution in [2.24, 2.45) is 0 Å². The van der Waals surface area contributed by atoms with E-state index in [2.05, 4.69) is 46.0 Å². The molecule has 1 N–H and O–H groups in total. The molecule has 4 nitrogen and oxygen atoms in total. The highest BCUT2D eigenvalue weighted by Gasteiger charge is 2.10. The largest absolute Gasteiger partial charge is 0.383 e. The second-order valence-corrected chi connectivity index (χ2v) is 5.83. The van der Waals surface area contributed by atoms with Gasteiger partial charge in [-0.2, -0.15) is 11.3 Å². The van der Waals surface area contributed by atoms with Crippen molar-refractivity contribution in [2.45, 2.75) is 26.7 Å². The molecule has 21 heavy (non-hydrogen) atoms. The van der Waals surface area contributed by atoms with Crippen LogP contribution in [0.25, 0.3) is 11.4 Å². The summed E-state index contributed by atoms with van der Waals surface area (Å²) in [6.45, 7) is 6.82. The zero-order valence-corrected chi connectivity index (χ0v) is 13.8. The Morgan fingerprint density at radius 1 is 1.19 bits per heavy atom. The lowest BCUT2D eigenvalue weighted by Gasteiger charge is -2.11. The molecule has 2 heterocycles. The second kappa shape index (κ2) is 8.22. The molecule has 0 fully saturated rings. The van der Waals surface area contributed by atoms with Crippen molar-refractivity contribution < 1.29 is 4.74 Å². The molecule has 0 spiro atoms. The topological polar surface area (TPSA) is 47.0 Å². The van der Waals surface area contributed by atoms with Crippen LogP contribution in [0.5, 0.6) is 0 Å². The average Bonchev–Trinajstić information content (AvgIpc) is 2.99. The molecule has 114 valence electrons. The number of rotatable bonds is 8. The normalized spacial score (nSPS) is 11.0. The average molecular weight is 305 g/mol. The standard InChI is InChI=1S/C16H23N3OS/c1-12-15(5-4-7-17-8-9-20-3)13(2)19-16(18-12)14-6-10-21-11-14/h6,10-11,17H,4-5,7-9H2,1-3H3. The van der Waals surface area contributed by atoms with Gasteiger partial charge in [0, 0.05) is 36.0 Å². The molecule has 0 saturated heterocycles. The molecule has 0 radical (unpaired) electrons. The van der Waals surface area contributed by atoms with Gasteiger partial charge in [-0.05, 0) is 50.2 Å². The van der Waals surface area contributed by atoms with Crippen LogP contribution >= 0.6 is 11.3 Å². The first-order valence-corrected chi connectivity index (χ1v) is 8.23. The predicted octanol–water partition coefficient (Wildman–Crippen LogP) is 2.99.